The maximum absolute atomic E-state index is 14.7. The number of pyridine rings is 1. The molecule has 2 atom stereocenters. The number of H-pyrrole nitrogens is 1. The molecule has 1 aliphatic carbocycles. The molecule has 1 aliphatic rings. The number of rotatable bonds is 4. The van der Waals surface area contributed by atoms with Crippen LogP contribution in [0, 0.1) is 11.7 Å². The Labute approximate surface area is 167 Å². The van der Waals surface area contributed by atoms with Gasteiger partial charge in [0, 0.05) is 28.8 Å². The van der Waals surface area contributed by atoms with E-state index >= 15 is 0 Å². The van der Waals surface area contributed by atoms with Gasteiger partial charge in [0.2, 0.25) is 5.91 Å². The molecule has 1 aromatic carbocycles. The van der Waals surface area contributed by atoms with Gasteiger partial charge in [-0.15, -0.1) is 0 Å². The van der Waals surface area contributed by atoms with Crippen LogP contribution in [0.25, 0.3) is 27.5 Å². The summed E-state index contributed by atoms with van der Waals surface area (Å²) in [5.41, 5.74) is 2.09. The van der Waals surface area contributed by atoms with Gasteiger partial charge in [-0.1, -0.05) is 11.6 Å². The van der Waals surface area contributed by atoms with Gasteiger partial charge in [0.05, 0.1) is 34.8 Å². The Kier molecular flexibility index (Phi) is 4.04. The Morgan fingerprint density at radius 3 is 2.97 bits per heavy atom. The number of nitrogens with zero attached hydrogens (tertiary/aromatic N) is 3. The second-order valence-corrected chi connectivity index (χ2v) is 7.34. The van der Waals surface area contributed by atoms with E-state index in [-0.39, 0.29) is 17.0 Å². The predicted molar refractivity (Wildman–Crippen MR) is 103 cm³/mol. The standard InChI is InChI=1S/C19H14ClF2N5O2/c20-16-15(11-6-23-25-18(11)12(7-28)17(16)22)8-1-2-27-9(3-8)4-14(26-27)24-19(29)10-5-13(10)21/h1-4,6,10,13,28H,5,7H2,(H,23,25)(H,24,26,29)/t10-,13+/m1/s1. The molecule has 148 valence electrons. The van der Waals surface area contributed by atoms with Crippen LogP contribution in [-0.2, 0) is 11.4 Å². The number of aromatic amines is 1. The van der Waals surface area contributed by atoms with E-state index in [9.17, 15) is 18.7 Å². The monoisotopic (exact) mass is 417 g/mol. The van der Waals surface area contributed by atoms with E-state index in [2.05, 4.69) is 20.6 Å². The Balaban J connectivity index is 1.58. The van der Waals surface area contributed by atoms with E-state index in [0.717, 1.165) is 0 Å². The van der Waals surface area contributed by atoms with Crippen molar-refractivity contribution in [3.05, 3.63) is 47.0 Å². The number of fused-ring (bicyclic) bond motifs is 2. The highest BCUT2D eigenvalue weighted by atomic mass is 35.5. The van der Waals surface area contributed by atoms with Crippen molar-refractivity contribution in [2.24, 2.45) is 5.92 Å². The summed E-state index contributed by atoms with van der Waals surface area (Å²) in [5.74, 6) is -1.43. The van der Waals surface area contributed by atoms with E-state index in [1.54, 1.807) is 24.4 Å². The maximum atomic E-state index is 14.7. The molecule has 0 radical (unpaired) electrons. The largest absolute Gasteiger partial charge is 0.391 e. The number of anilines is 1. The number of amides is 1. The van der Waals surface area contributed by atoms with Crippen LogP contribution in [-0.4, -0.2) is 37.0 Å². The van der Waals surface area contributed by atoms with Crippen molar-refractivity contribution in [2.45, 2.75) is 19.2 Å². The normalized spacial score (nSPS) is 18.5. The van der Waals surface area contributed by atoms with Crippen LogP contribution in [0.5, 0.6) is 0 Å². The third kappa shape index (κ3) is 2.85. The lowest BCUT2D eigenvalue weighted by Crippen LogP contribution is -2.15. The topological polar surface area (TPSA) is 95.3 Å². The average Bonchev–Trinajstić information content (AvgIpc) is 3.08. The summed E-state index contributed by atoms with van der Waals surface area (Å²) in [4.78, 5) is 11.9. The van der Waals surface area contributed by atoms with Crippen LogP contribution < -0.4 is 5.32 Å². The average molecular weight is 418 g/mol. The number of benzene rings is 1. The second kappa shape index (κ2) is 6.50. The van der Waals surface area contributed by atoms with E-state index < -0.39 is 30.4 Å². The van der Waals surface area contributed by atoms with Crippen LogP contribution in [0.1, 0.15) is 12.0 Å². The predicted octanol–water partition coefficient (Wildman–Crippen LogP) is 3.46. The number of aliphatic hydroxyl groups is 1. The number of halogens is 3. The third-order valence-electron chi connectivity index (χ3n) is 5.10. The quantitative estimate of drug-likeness (QED) is 0.474. The van der Waals surface area contributed by atoms with E-state index in [1.165, 1.54) is 10.7 Å². The van der Waals surface area contributed by atoms with Crippen molar-refractivity contribution < 1.29 is 18.7 Å². The lowest BCUT2D eigenvalue weighted by atomic mass is 9.99. The fourth-order valence-electron chi connectivity index (χ4n) is 3.47. The molecule has 3 N–H and O–H groups in total. The highest BCUT2D eigenvalue weighted by Crippen LogP contribution is 2.39. The maximum Gasteiger partial charge on any atom is 0.231 e. The number of nitrogens with one attached hydrogen (secondary N) is 2. The lowest BCUT2D eigenvalue weighted by Gasteiger charge is -2.11. The van der Waals surface area contributed by atoms with E-state index in [1.807, 2.05) is 0 Å². The molecular weight excluding hydrogens is 404 g/mol. The van der Waals surface area contributed by atoms with E-state index in [4.69, 9.17) is 11.6 Å². The number of hydrogen-bond acceptors (Lipinski definition) is 4. The molecule has 0 unspecified atom stereocenters. The van der Waals surface area contributed by atoms with Crippen LogP contribution in [0.15, 0.2) is 30.6 Å². The summed E-state index contributed by atoms with van der Waals surface area (Å²) in [6.07, 6.45) is 2.31. The molecule has 7 nitrogen and oxygen atoms in total. The minimum absolute atomic E-state index is 0.0490. The molecule has 0 spiro atoms. The van der Waals surface area contributed by atoms with Gasteiger partial charge in [-0.3, -0.25) is 9.89 Å². The lowest BCUT2D eigenvalue weighted by molar-refractivity contribution is -0.117. The molecule has 3 aromatic heterocycles. The zero-order valence-corrected chi connectivity index (χ0v) is 15.5. The summed E-state index contributed by atoms with van der Waals surface area (Å²) in [5, 5.41) is 23.4. The van der Waals surface area contributed by atoms with Gasteiger partial charge < -0.3 is 10.4 Å². The molecule has 10 heteroatoms. The molecule has 0 saturated heterocycles. The van der Waals surface area contributed by atoms with Crippen LogP contribution in [0.2, 0.25) is 5.02 Å². The number of hydrogen-bond donors (Lipinski definition) is 3. The first-order chi connectivity index (χ1) is 14.0. The first-order valence-electron chi connectivity index (χ1n) is 8.86. The molecular formula is C19H14ClF2N5O2. The van der Waals surface area contributed by atoms with Crippen molar-refractivity contribution in [2.75, 3.05) is 5.32 Å². The number of carbonyl (C=O) groups excluding carboxylic acids is 1. The first-order valence-corrected chi connectivity index (χ1v) is 9.24. The molecule has 29 heavy (non-hydrogen) atoms. The van der Waals surface area contributed by atoms with Gasteiger partial charge in [-0.25, -0.2) is 13.3 Å². The molecule has 1 saturated carbocycles. The number of carbonyl (C=O) groups is 1. The zero-order chi connectivity index (χ0) is 20.3. The van der Waals surface area contributed by atoms with Crippen molar-refractivity contribution in [1.82, 2.24) is 19.8 Å². The van der Waals surface area contributed by atoms with Crippen LogP contribution in [0.3, 0.4) is 0 Å². The minimum atomic E-state index is -1.09. The molecule has 0 bridgehead atoms. The van der Waals surface area contributed by atoms with Crippen molar-refractivity contribution in [1.29, 1.82) is 0 Å². The van der Waals surface area contributed by atoms with Crippen molar-refractivity contribution in [3.8, 4) is 11.1 Å². The number of alkyl halides is 1. The van der Waals surface area contributed by atoms with Crippen molar-refractivity contribution >= 4 is 39.7 Å². The summed E-state index contributed by atoms with van der Waals surface area (Å²) in [6, 6.07) is 5.08. The van der Waals surface area contributed by atoms with Gasteiger partial charge in [0.1, 0.15) is 12.0 Å². The van der Waals surface area contributed by atoms with Gasteiger partial charge >= 0.3 is 0 Å². The molecule has 1 amide bonds. The fourth-order valence-corrected chi connectivity index (χ4v) is 3.80. The fraction of sp³-hybridized carbons (Fsp3) is 0.211. The van der Waals surface area contributed by atoms with E-state index in [0.29, 0.717) is 33.4 Å². The number of aliphatic hydroxyl groups excluding tert-OH is 1. The highest BCUT2D eigenvalue weighted by Gasteiger charge is 2.43. The van der Waals surface area contributed by atoms with Gasteiger partial charge in [-0.05, 0) is 24.1 Å². The Morgan fingerprint density at radius 2 is 2.24 bits per heavy atom. The smallest absolute Gasteiger partial charge is 0.231 e. The SMILES string of the molecule is O=C(Nc1cc2cc(-c3c(Cl)c(F)c(CO)c4[nH]ncc34)ccn2n1)[C@@H]1C[C@@H]1F. The third-order valence-corrected chi connectivity index (χ3v) is 5.45. The molecule has 0 aliphatic heterocycles. The first kappa shape index (κ1) is 18.0. The van der Waals surface area contributed by atoms with Crippen LogP contribution >= 0.6 is 11.6 Å². The summed E-state index contributed by atoms with van der Waals surface area (Å²) in [7, 11) is 0. The Hall–Kier alpha value is -3.04. The zero-order valence-electron chi connectivity index (χ0n) is 14.8. The highest BCUT2D eigenvalue weighted by molar-refractivity contribution is 6.35. The molecule has 4 aromatic rings. The molecule has 1 fully saturated rings. The number of aromatic nitrogens is 4. The summed E-state index contributed by atoms with van der Waals surface area (Å²) < 4.78 is 29.3. The van der Waals surface area contributed by atoms with Crippen molar-refractivity contribution in [3.63, 3.8) is 0 Å². The second-order valence-electron chi connectivity index (χ2n) is 6.96. The Bertz CT molecular complexity index is 1280. The Morgan fingerprint density at radius 1 is 1.45 bits per heavy atom. The van der Waals surface area contributed by atoms with Crippen LogP contribution in [0.4, 0.5) is 14.6 Å². The van der Waals surface area contributed by atoms with Gasteiger partial charge in [0.25, 0.3) is 0 Å². The molecule has 3 heterocycles. The van der Waals surface area contributed by atoms with Gasteiger partial charge in [0.15, 0.2) is 5.82 Å². The summed E-state index contributed by atoms with van der Waals surface area (Å²) in [6.45, 7) is -0.518. The summed E-state index contributed by atoms with van der Waals surface area (Å²) >= 11 is 6.29. The molecule has 5 rings (SSSR count). The minimum Gasteiger partial charge on any atom is -0.391 e. The van der Waals surface area contributed by atoms with Gasteiger partial charge in [-0.2, -0.15) is 10.2 Å².